The van der Waals surface area contributed by atoms with Crippen molar-refractivity contribution in [2.24, 2.45) is 5.92 Å². The van der Waals surface area contributed by atoms with Crippen LogP contribution in [0.2, 0.25) is 5.02 Å². The maximum atomic E-state index is 6.27. The van der Waals surface area contributed by atoms with E-state index in [0.29, 0.717) is 12.0 Å². The first-order valence-corrected chi connectivity index (χ1v) is 9.40. The zero-order valence-corrected chi connectivity index (χ0v) is 14.2. The first kappa shape index (κ1) is 16.3. The Labute approximate surface area is 140 Å². The number of rotatable bonds is 4. The number of hydrogen-bond donors (Lipinski definition) is 2. The molecule has 122 valence electrons. The highest BCUT2D eigenvalue weighted by atomic mass is 35.5. The molecule has 2 nitrogen and oxygen atoms in total. The van der Waals surface area contributed by atoms with Gasteiger partial charge in [0.25, 0.3) is 0 Å². The fourth-order valence-corrected chi connectivity index (χ4v) is 4.44. The van der Waals surface area contributed by atoms with Crippen LogP contribution in [0.15, 0.2) is 24.3 Å². The van der Waals surface area contributed by atoms with Crippen LogP contribution >= 0.6 is 11.6 Å². The molecule has 2 unspecified atom stereocenters. The number of halogens is 1. The third-order valence-corrected chi connectivity index (χ3v) is 5.64. The molecule has 0 aromatic heterocycles. The highest BCUT2D eigenvalue weighted by Crippen LogP contribution is 2.38. The van der Waals surface area contributed by atoms with E-state index in [-0.39, 0.29) is 0 Å². The van der Waals surface area contributed by atoms with Crippen molar-refractivity contribution in [3.8, 4) is 0 Å². The van der Waals surface area contributed by atoms with Crippen molar-refractivity contribution in [3.05, 3.63) is 34.9 Å². The van der Waals surface area contributed by atoms with E-state index >= 15 is 0 Å². The maximum Gasteiger partial charge on any atom is 0.0408 e. The quantitative estimate of drug-likeness (QED) is 0.806. The van der Waals surface area contributed by atoms with Crippen molar-refractivity contribution in [1.82, 2.24) is 10.6 Å². The van der Waals surface area contributed by atoms with Crippen molar-refractivity contribution >= 4 is 11.6 Å². The molecular formula is C19H29ClN2. The van der Waals surface area contributed by atoms with Crippen molar-refractivity contribution in [3.63, 3.8) is 0 Å². The smallest absolute Gasteiger partial charge is 0.0408 e. The maximum absolute atomic E-state index is 6.27. The Kier molecular flexibility index (Phi) is 6.17. The second-order valence-corrected chi connectivity index (χ2v) is 7.44. The number of piperazine rings is 1. The van der Waals surface area contributed by atoms with Crippen LogP contribution in [0.25, 0.3) is 0 Å². The molecule has 3 rings (SSSR count). The summed E-state index contributed by atoms with van der Waals surface area (Å²) in [7, 11) is 0. The Morgan fingerprint density at radius 2 is 1.91 bits per heavy atom. The Morgan fingerprint density at radius 3 is 2.59 bits per heavy atom. The highest BCUT2D eigenvalue weighted by Gasteiger charge is 2.27. The van der Waals surface area contributed by atoms with Crippen molar-refractivity contribution < 1.29 is 0 Å². The topological polar surface area (TPSA) is 24.1 Å². The van der Waals surface area contributed by atoms with Gasteiger partial charge in [-0.25, -0.2) is 0 Å². The first-order chi connectivity index (χ1) is 10.8. The van der Waals surface area contributed by atoms with Gasteiger partial charge in [-0.15, -0.1) is 0 Å². The third-order valence-electron chi connectivity index (χ3n) is 5.41. The van der Waals surface area contributed by atoms with Crippen molar-refractivity contribution in [1.29, 1.82) is 0 Å². The molecule has 0 spiro atoms. The van der Waals surface area contributed by atoms with Crippen LogP contribution in [0.4, 0.5) is 0 Å². The molecule has 1 aliphatic carbocycles. The second kappa shape index (κ2) is 8.33. The first-order valence-electron chi connectivity index (χ1n) is 9.02. The van der Waals surface area contributed by atoms with E-state index < -0.39 is 0 Å². The fraction of sp³-hybridized carbons (Fsp3) is 0.684. The molecule has 2 aliphatic rings. The summed E-state index contributed by atoms with van der Waals surface area (Å²) in [5.74, 6) is 1.47. The third kappa shape index (κ3) is 4.47. The van der Waals surface area contributed by atoms with E-state index in [0.717, 1.165) is 30.6 Å². The molecule has 2 atom stereocenters. The zero-order chi connectivity index (χ0) is 15.2. The van der Waals surface area contributed by atoms with E-state index in [1.54, 1.807) is 0 Å². The summed E-state index contributed by atoms with van der Waals surface area (Å²) in [5, 5.41) is 8.10. The minimum Gasteiger partial charge on any atom is -0.314 e. The van der Waals surface area contributed by atoms with E-state index in [4.69, 9.17) is 11.6 Å². The van der Waals surface area contributed by atoms with Gasteiger partial charge in [-0.05, 0) is 48.8 Å². The van der Waals surface area contributed by atoms with Gasteiger partial charge in [0.05, 0.1) is 0 Å². The Hall–Kier alpha value is -0.570. The standard InChI is InChI=1S/C19H29ClN2/c20-17-9-5-8-16(12-17)19(13-18-14-21-10-11-22-18)15-6-3-1-2-4-7-15/h5,8-9,12,15,18-19,21-22H,1-4,6-7,10-11,13-14H2. The number of nitrogens with one attached hydrogen (secondary N) is 2. The Morgan fingerprint density at radius 1 is 1.09 bits per heavy atom. The summed E-state index contributed by atoms with van der Waals surface area (Å²) in [6, 6.07) is 9.20. The van der Waals surface area contributed by atoms with Crippen LogP contribution in [0.5, 0.6) is 0 Å². The predicted octanol–water partition coefficient (Wildman–Crippen LogP) is 4.35. The molecule has 1 saturated heterocycles. The monoisotopic (exact) mass is 320 g/mol. The molecule has 0 bridgehead atoms. The minimum absolute atomic E-state index is 0.598. The predicted molar refractivity (Wildman–Crippen MR) is 94.7 cm³/mol. The largest absolute Gasteiger partial charge is 0.314 e. The van der Waals surface area contributed by atoms with Gasteiger partial charge >= 0.3 is 0 Å². The molecule has 1 aromatic rings. The van der Waals surface area contributed by atoms with Gasteiger partial charge < -0.3 is 10.6 Å². The molecule has 1 aromatic carbocycles. The van der Waals surface area contributed by atoms with Gasteiger partial charge in [0.2, 0.25) is 0 Å². The molecule has 1 heterocycles. The lowest BCUT2D eigenvalue weighted by molar-refractivity contribution is 0.302. The van der Waals surface area contributed by atoms with Crippen LogP contribution < -0.4 is 10.6 Å². The molecule has 3 heteroatoms. The average molecular weight is 321 g/mol. The summed E-state index contributed by atoms with van der Waals surface area (Å²) < 4.78 is 0. The molecular weight excluding hydrogens is 292 g/mol. The van der Waals surface area contributed by atoms with Gasteiger partial charge in [-0.3, -0.25) is 0 Å². The Bertz CT molecular complexity index is 449. The van der Waals surface area contributed by atoms with Gasteiger partial charge in [-0.1, -0.05) is 49.4 Å². The Balaban J connectivity index is 1.77. The summed E-state index contributed by atoms with van der Waals surface area (Å²) in [5.41, 5.74) is 1.45. The van der Waals surface area contributed by atoms with Crippen LogP contribution in [0.3, 0.4) is 0 Å². The van der Waals surface area contributed by atoms with Gasteiger partial charge in [0, 0.05) is 30.7 Å². The van der Waals surface area contributed by atoms with Crippen molar-refractivity contribution in [2.45, 2.75) is 56.9 Å². The van der Waals surface area contributed by atoms with Crippen LogP contribution in [-0.4, -0.2) is 25.7 Å². The summed E-state index contributed by atoms with van der Waals surface area (Å²) >= 11 is 6.27. The lowest BCUT2D eigenvalue weighted by Gasteiger charge is -2.33. The van der Waals surface area contributed by atoms with Crippen LogP contribution in [0, 0.1) is 5.92 Å². The highest BCUT2D eigenvalue weighted by molar-refractivity contribution is 6.30. The molecule has 1 aliphatic heterocycles. The van der Waals surface area contributed by atoms with Gasteiger partial charge in [-0.2, -0.15) is 0 Å². The van der Waals surface area contributed by atoms with E-state index in [1.165, 1.54) is 50.5 Å². The minimum atomic E-state index is 0.598. The number of hydrogen-bond acceptors (Lipinski definition) is 2. The molecule has 22 heavy (non-hydrogen) atoms. The molecule has 1 saturated carbocycles. The number of benzene rings is 1. The van der Waals surface area contributed by atoms with E-state index in [9.17, 15) is 0 Å². The van der Waals surface area contributed by atoms with E-state index in [2.05, 4.69) is 28.8 Å². The lowest BCUT2D eigenvalue weighted by Crippen LogP contribution is -2.49. The molecule has 2 fully saturated rings. The fourth-order valence-electron chi connectivity index (χ4n) is 4.24. The zero-order valence-electron chi connectivity index (χ0n) is 13.5. The molecule has 0 radical (unpaired) electrons. The second-order valence-electron chi connectivity index (χ2n) is 7.00. The summed E-state index contributed by atoms with van der Waals surface area (Å²) in [4.78, 5) is 0. The molecule has 0 amide bonds. The average Bonchev–Trinajstić information content (AvgIpc) is 2.83. The van der Waals surface area contributed by atoms with Crippen LogP contribution in [0.1, 0.15) is 56.4 Å². The molecule has 2 N–H and O–H groups in total. The van der Waals surface area contributed by atoms with Crippen LogP contribution in [-0.2, 0) is 0 Å². The summed E-state index contributed by atoms with van der Waals surface area (Å²) in [6.07, 6.45) is 9.65. The normalized spacial score (nSPS) is 25.6. The lowest BCUT2D eigenvalue weighted by atomic mass is 9.77. The summed E-state index contributed by atoms with van der Waals surface area (Å²) in [6.45, 7) is 3.29. The van der Waals surface area contributed by atoms with Gasteiger partial charge in [0.15, 0.2) is 0 Å². The van der Waals surface area contributed by atoms with Crippen molar-refractivity contribution in [2.75, 3.05) is 19.6 Å². The SMILES string of the molecule is Clc1cccc(C(CC2CNCCN2)C2CCCCCC2)c1. The van der Waals surface area contributed by atoms with Gasteiger partial charge in [0.1, 0.15) is 0 Å². The van der Waals surface area contributed by atoms with E-state index in [1.807, 2.05) is 6.07 Å².